The van der Waals surface area contributed by atoms with Crippen molar-refractivity contribution in [3.05, 3.63) is 34.9 Å². The third kappa shape index (κ3) is 4.11. The van der Waals surface area contributed by atoms with E-state index in [4.69, 9.17) is 11.5 Å². The Hall–Kier alpha value is -0.860. The van der Waals surface area contributed by atoms with Crippen LogP contribution in [0.2, 0.25) is 0 Å². The summed E-state index contributed by atoms with van der Waals surface area (Å²) in [6.07, 6.45) is 1.92. The van der Waals surface area contributed by atoms with E-state index in [1.54, 1.807) is 0 Å². The Bertz CT molecular complexity index is 389. The highest BCUT2D eigenvalue weighted by atomic mass is 14.7. The molecule has 1 aromatic carbocycles. The second kappa shape index (κ2) is 5.85. The van der Waals surface area contributed by atoms with Gasteiger partial charge >= 0.3 is 0 Å². The summed E-state index contributed by atoms with van der Waals surface area (Å²) in [7, 11) is 0. The maximum absolute atomic E-state index is 6.30. The quantitative estimate of drug-likeness (QED) is 0.858. The molecular weight excluding hydrogens is 220 g/mol. The first-order valence-corrected chi connectivity index (χ1v) is 6.84. The molecule has 2 atom stereocenters. The molecule has 0 amide bonds. The minimum absolute atomic E-state index is 0.0956. The normalized spacial score (nSPS) is 15.5. The molecule has 0 radical (unpaired) electrons. The largest absolute Gasteiger partial charge is 0.328 e. The van der Waals surface area contributed by atoms with E-state index in [2.05, 4.69) is 45.9 Å². The Morgan fingerprint density at radius 3 is 2.22 bits per heavy atom. The van der Waals surface area contributed by atoms with Crippen molar-refractivity contribution in [1.29, 1.82) is 0 Å². The van der Waals surface area contributed by atoms with E-state index in [0.717, 1.165) is 12.8 Å². The number of aryl methyl sites for hydroxylation is 1. The summed E-state index contributed by atoms with van der Waals surface area (Å²) in [5.74, 6) is 0. The van der Waals surface area contributed by atoms with Crippen LogP contribution in [0.15, 0.2) is 18.2 Å². The molecule has 0 bridgehead atoms. The zero-order chi connectivity index (χ0) is 13.9. The highest BCUT2D eigenvalue weighted by Crippen LogP contribution is 2.28. The van der Waals surface area contributed by atoms with E-state index in [9.17, 15) is 0 Å². The van der Waals surface area contributed by atoms with Crippen LogP contribution < -0.4 is 11.5 Å². The molecule has 0 aliphatic rings. The summed E-state index contributed by atoms with van der Waals surface area (Å²) in [5, 5.41) is 0. The molecule has 0 aliphatic carbocycles. The van der Waals surface area contributed by atoms with Gasteiger partial charge < -0.3 is 11.5 Å². The van der Waals surface area contributed by atoms with Crippen LogP contribution in [-0.4, -0.2) is 6.04 Å². The molecule has 2 unspecified atom stereocenters. The molecule has 0 aromatic heterocycles. The van der Waals surface area contributed by atoms with Gasteiger partial charge in [0.2, 0.25) is 0 Å². The van der Waals surface area contributed by atoms with E-state index < -0.39 is 0 Å². The Kier molecular flexibility index (Phi) is 4.94. The Balaban J connectivity index is 2.93. The smallest absolute Gasteiger partial charge is 0.0298 e. The van der Waals surface area contributed by atoms with Gasteiger partial charge in [-0.25, -0.2) is 0 Å². The van der Waals surface area contributed by atoms with Crippen molar-refractivity contribution in [3.63, 3.8) is 0 Å². The lowest BCUT2D eigenvalue weighted by Crippen LogP contribution is -2.20. The first-order valence-electron chi connectivity index (χ1n) is 6.84. The maximum atomic E-state index is 6.30. The number of hydrogen-bond donors (Lipinski definition) is 2. The minimum atomic E-state index is 0.0956. The number of rotatable bonds is 4. The third-order valence-corrected chi connectivity index (χ3v) is 3.48. The van der Waals surface area contributed by atoms with Gasteiger partial charge in [0.1, 0.15) is 0 Å². The van der Waals surface area contributed by atoms with Crippen LogP contribution in [-0.2, 0) is 5.41 Å². The summed E-state index contributed by atoms with van der Waals surface area (Å²) in [6, 6.07) is 6.97. The lowest BCUT2D eigenvalue weighted by molar-refractivity contribution is 0.548. The first-order chi connectivity index (χ1) is 8.21. The third-order valence-electron chi connectivity index (χ3n) is 3.48. The zero-order valence-electron chi connectivity index (χ0n) is 12.5. The molecule has 0 aliphatic heterocycles. The molecule has 102 valence electrons. The molecule has 2 heteroatoms. The molecule has 0 fully saturated rings. The summed E-state index contributed by atoms with van der Waals surface area (Å²) in [5.41, 5.74) is 16.2. The molecule has 0 saturated carbocycles. The fraction of sp³-hybridized carbons (Fsp3) is 0.625. The molecule has 0 spiro atoms. The number of nitrogens with two attached hydrogens (primary N) is 2. The molecule has 0 heterocycles. The second-order valence-electron chi connectivity index (χ2n) is 6.48. The lowest BCUT2D eigenvalue weighted by atomic mass is 9.84. The van der Waals surface area contributed by atoms with Crippen LogP contribution in [0, 0.1) is 6.92 Å². The van der Waals surface area contributed by atoms with Gasteiger partial charge in [-0.3, -0.25) is 0 Å². The predicted molar refractivity (Wildman–Crippen MR) is 79.7 cm³/mol. The molecule has 1 aromatic rings. The Morgan fingerprint density at radius 1 is 1.11 bits per heavy atom. The monoisotopic (exact) mass is 248 g/mol. The van der Waals surface area contributed by atoms with Crippen LogP contribution in [0.5, 0.6) is 0 Å². The van der Waals surface area contributed by atoms with Crippen molar-refractivity contribution < 1.29 is 0 Å². The molecular formula is C16H28N2. The first kappa shape index (κ1) is 15.2. The van der Waals surface area contributed by atoms with Crippen molar-refractivity contribution in [2.75, 3.05) is 0 Å². The van der Waals surface area contributed by atoms with Gasteiger partial charge in [-0.2, -0.15) is 0 Å². The van der Waals surface area contributed by atoms with Crippen molar-refractivity contribution >= 4 is 0 Å². The summed E-state index contributed by atoms with van der Waals surface area (Å²) >= 11 is 0. The van der Waals surface area contributed by atoms with Gasteiger partial charge in [0.05, 0.1) is 0 Å². The van der Waals surface area contributed by atoms with E-state index >= 15 is 0 Å². The molecule has 4 N–H and O–H groups in total. The van der Waals surface area contributed by atoms with E-state index in [-0.39, 0.29) is 17.5 Å². The lowest BCUT2D eigenvalue weighted by Gasteiger charge is -2.23. The molecule has 2 nitrogen and oxygen atoms in total. The van der Waals surface area contributed by atoms with Gasteiger partial charge in [0, 0.05) is 12.1 Å². The average molecular weight is 248 g/mol. The van der Waals surface area contributed by atoms with Crippen LogP contribution in [0.3, 0.4) is 0 Å². The molecule has 0 saturated heterocycles. The van der Waals surface area contributed by atoms with E-state index in [1.807, 2.05) is 6.92 Å². The summed E-state index contributed by atoms with van der Waals surface area (Å²) in [4.78, 5) is 0. The zero-order valence-corrected chi connectivity index (χ0v) is 12.5. The SMILES string of the molecule is Cc1ccc(C(C)(C)C)cc1C(N)CCC(C)N. The van der Waals surface area contributed by atoms with E-state index in [1.165, 1.54) is 16.7 Å². The summed E-state index contributed by atoms with van der Waals surface area (Å²) in [6.45, 7) is 10.9. The van der Waals surface area contributed by atoms with Crippen LogP contribution >= 0.6 is 0 Å². The highest BCUT2D eigenvalue weighted by Gasteiger charge is 2.17. The van der Waals surface area contributed by atoms with Gasteiger partial charge in [-0.05, 0) is 48.8 Å². The van der Waals surface area contributed by atoms with Crippen molar-refractivity contribution in [3.8, 4) is 0 Å². The second-order valence-corrected chi connectivity index (χ2v) is 6.48. The average Bonchev–Trinajstić information content (AvgIpc) is 2.24. The Morgan fingerprint density at radius 2 is 1.72 bits per heavy atom. The Labute approximate surface area is 112 Å². The topological polar surface area (TPSA) is 52.0 Å². The minimum Gasteiger partial charge on any atom is -0.328 e. The van der Waals surface area contributed by atoms with Gasteiger partial charge in [0.25, 0.3) is 0 Å². The van der Waals surface area contributed by atoms with Crippen molar-refractivity contribution in [1.82, 2.24) is 0 Å². The van der Waals surface area contributed by atoms with Crippen molar-refractivity contribution in [2.24, 2.45) is 11.5 Å². The maximum Gasteiger partial charge on any atom is 0.0298 e. The highest BCUT2D eigenvalue weighted by molar-refractivity contribution is 5.36. The van der Waals surface area contributed by atoms with Crippen LogP contribution in [0.25, 0.3) is 0 Å². The predicted octanol–water partition coefficient (Wildman–Crippen LogP) is 3.42. The van der Waals surface area contributed by atoms with Gasteiger partial charge in [-0.1, -0.05) is 39.0 Å². The molecule has 18 heavy (non-hydrogen) atoms. The van der Waals surface area contributed by atoms with Gasteiger partial charge in [-0.15, -0.1) is 0 Å². The standard InChI is InChI=1S/C16H28N2/c1-11-6-8-13(16(3,4)5)10-14(11)15(18)9-7-12(2)17/h6,8,10,12,15H,7,9,17-18H2,1-5H3. The number of hydrogen-bond acceptors (Lipinski definition) is 2. The van der Waals surface area contributed by atoms with E-state index in [0.29, 0.717) is 0 Å². The van der Waals surface area contributed by atoms with Crippen molar-refractivity contribution in [2.45, 2.75) is 65.0 Å². The number of benzene rings is 1. The summed E-state index contributed by atoms with van der Waals surface area (Å²) < 4.78 is 0. The fourth-order valence-corrected chi connectivity index (χ4v) is 2.10. The molecule has 1 rings (SSSR count). The van der Waals surface area contributed by atoms with Crippen LogP contribution in [0.4, 0.5) is 0 Å². The fourth-order valence-electron chi connectivity index (χ4n) is 2.10. The van der Waals surface area contributed by atoms with Crippen LogP contribution in [0.1, 0.15) is 63.3 Å². The van der Waals surface area contributed by atoms with Gasteiger partial charge in [0.15, 0.2) is 0 Å².